The zero-order valence-electron chi connectivity index (χ0n) is 16.5. The van der Waals surface area contributed by atoms with Crippen LogP contribution in [0.25, 0.3) is 0 Å². The standard InChI is InChI=1S/C21H26N4O3S/c1-16(21(26)25-14-11-17-7-3-4-8-19(17)25)23-20-10-9-18(15-22-20)29(27,28)24-12-5-2-6-13-24/h3-4,7-10,15-16H,2,5-6,11-14H2,1H3,(H,22,23). The number of nitrogens with one attached hydrogen (secondary N) is 1. The number of para-hydroxylation sites is 1. The summed E-state index contributed by atoms with van der Waals surface area (Å²) in [5, 5.41) is 3.10. The first-order valence-corrected chi connectivity index (χ1v) is 11.5. The van der Waals surface area contributed by atoms with Gasteiger partial charge in [0.25, 0.3) is 0 Å². The number of hydrogen-bond acceptors (Lipinski definition) is 5. The van der Waals surface area contributed by atoms with E-state index in [0.717, 1.165) is 31.4 Å². The fourth-order valence-corrected chi connectivity index (χ4v) is 5.42. The molecule has 2 aromatic rings. The van der Waals surface area contributed by atoms with E-state index in [2.05, 4.69) is 10.3 Å². The van der Waals surface area contributed by atoms with Gasteiger partial charge in [0.05, 0.1) is 0 Å². The summed E-state index contributed by atoms with van der Waals surface area (Å²) in [6.45, 7) is 3.59. The number of pyridine rings is 1. The lowest BCUT2D eigenvalue weighted by Gasteiger charge is -2.26. The summed E-state index contributed by atoms with van der Waals surface area (Å²) in [5.41, 5.74) is 2.14. The topological polar surface area (TPSA) is 82.6 Å². The molecule has 0 aliphatic carbocycles. The molecule has 0 spiro atoms. The zero-order chi connectivity index (χ0) is 20.4. The van der Waals surface area contributed by atoms with E-state index in [1.54, 1.807) is 24.0 Å². The Morgan fingerprint density at radius 1 is 1.07 bits per heavy atom. The molecule has 1 atom stereocenters. The Morgan fingerprint density at radius 3 is 2.55 bits per heavy atom. The van der Waals surface area contributed by atoms with Crippen LogP contribution < -0.4 is 10.2 Å². The van der Waals surface area contributed by atoms with Crippen molar-refractivity contribution in [2.75, 3.05) is 29.9 Å². The molecular weight excluding hydrogens is 388 g/mol. The van der Waals surface area contributed by atoms with Crippen LogP contribution in [0.15, 0.2) is 47.5 Å². The van der Waals surface area contributed by atoms with Crippen LogP contribution in [0.2, 0.25) is 0 Å². The predicted molar refractivity (Wildman–Crippen MR) is 112 cm³/mol. The second kappa shape index (κ2) is 8.12. The summed E-state index contributed by atoms with van der Waals surface area (Å²) in [6, 6.07) is 10.6. The van der Waals surface area contributed by atoms with E-state index in [9.17, 15) is 13.2 Å². The minimum atomic E-state index is -3.50. The molecule has 3 heterocycles. The van der Waals surface area contributed by atoms with Crippen molar-refractivity contribution in [3.05, 3.63) is 48.2 Å². The van der Waals surface area contributed by atoms with Crippen LogP contribution in [0.5, 0.6) is 0 Å². The molecule has 1 aromatic carbocycles. The van der Waals surface area contributed by atoms with Gasteiger partial charge in [0.2, 0.25) is 15.9 Å². The highest BCUT2D eigenvalue weighted by atomic mass is 32.2. The molecule has 1 N–H and O–H groups in total. The third-order valence-electron chi connectivity index (χ3n) is 5.58. The number of piperidine rings is 1. The third-order valence-corrected chi connectivity index (χ3v) is 7.46. The number of fused-ring (bicyclic) bond motifs is 1. The molecule has 1 fully saturated rings. The lowest BCUT2D eigenvalue weighted by Crippen LogP contribution is -2.40. The number of carbonyl (C=O) groups is 1. The molecule has 29 heavy (non-hydrogen) atoms. The quantitative estimate of drug-likeness (QED) is 0.813. The molecule has 1 saturated heterocycles. The first kappa shape index (κ1) is 19.8. The fourth-order valence-electron chi connectivity index (χ4n) is 3.96. The van der Waals surface area contributed by atoms with Gasteiger partial charge in [0.1, 0.15) is 16.8 Å². The van der Waals surface area contributed by atoms with Gasteiger partial charge >= 0.3 is 0 Å². The average Bonchev–Trinajstić information content (AvgIpc) is 3.18. The SMILES string of the molecule is CC(Nc1ccc(S(=O)(=O)N2CCCCC2)cn1)C(=O)N1CCc2ccccc21. The lowest BCUT2D eigenvalue weighted by atomic mass is 10.2. The number of rotatable bonds is 5. The number of sulfonamides is 1. The van der Waals surface area contributed by atoms with Crippen LogP contribution in [0.4, 0.5) is 11.5 Å². The van der Waals surface area contributed by atoms with Crippen LogP contribution >= 0.6 is 0 Å². The monoisotopic (exact) mass is 414 g/mol. The highest BCUT2D eigenvalue weighted by molar-refractivity contribution is 7.89. The Kier molecular flexibility index (Phi) is 5.56. The number of benzene rings is 1. The van der Waals surface area contributed by atoms with Gasteiger partial charge in [-0.15, -0.1) is 0 Å². The Balaban J connectivity index is 1.43. The van der Waals surface area contributed by atoms with Gasteiger partial charge in [-0.3, -0.25) is 4.79 Å². The van der Waals surface area contributed by atoms with Crippen LogP contribution in [0.3, 0.4) is 0 Å². The largest absolute Gasteiger partial charge is 0.359 e. The minimum Gasteiger partial charge on any atom is -0.359 e. The zero-order valence-corrected chi connectivity index (χ0v) is 17.4. The Morgan fingerprint density at radius 2 is 1.83 bits per heavy atom. The molecular formula is C21H26N4O3S. The molecule has 4 rings (SSSR count). The van der Waals surface area contributed by atoms with E-state index in [1.165, 1.54) is 16.1 Å². The second-order valence-electron chi connectivity index (χ2n) is 7.58. The normalized spacial score (nSPS) is 18.3. The number of aromatic nitrogens is 1. The van der Waals surface area contributed by atoms with E-state index in [4.69, 9.17) is 0 Å². The molecule has 2 aliphatic heterocycles. The van der Waals surface area contributed by atoms with Gasteiger partial charge in [0.15, 0.2) is 0 Å². The average molecular weight is 415 g/mol. The van der Waals surface area contributed by atoms with Gasteiger partial charge in [-0.25, -0.2) is 13.4 Å². The van der Waals surface area contributed by atoms with Crippen molar-refractivity contribution in [2.45, 2.75) is 43.5 Å². The molecule has 7 nitrogen and oxygen atoms in total. The smallest absolute Gasteiger partial charge is 0.249 e. The van der Waals surface area contributed by atoms with Gasteiger partial charge in [0, 0.05) is 31.5 Å². The fraction of sp³-hybridized carbons (Fsp3) is 0.429. The van der Waals surface area contributed by atoms with E-state index in [1.807, 2.05) is 24.3 Å². The maximum atomic E-state index is 12.9. The van der Waals surface area contributed by atoms with Crippen molar-refractivity contribution < 1.29 is 13.2 Å². The minimum absolute atomic E-state index is 0.0261. The predicted octanol–water partition coefficient (Wildman–Crippen LogP) is 2.65. The van der Waals surface area contributed by atoms with Crippen molar-refractivity contribution in [1.82, 2.24) is 9.29 Å². The summed E-state index contributed by atoms with van der Waals surface area (Å²) in [5.74, 6) is 0.456. The van der Waals surface area contributed by atoms with Gasteiger partial charge in [-0.05, 0) is 49.9 Å². The number of hydrogen-bond donors (Lipinski definition) is 1. The van der Waals surface area contributed by atoms with E-state index in [0.29, 0.717) is 25.5 Å². The van der Waals surface area contributed by atoms with Crippen molar-refractivity contribution in [3.8, 4) is 0 Å². The second-order valence-corrected chi connectivity index (χ2v) is 9.52. The Labute approximate surface area is 171 Å². The number of nitrogens with zero attached hydrogens (tertiary/aromatic N) is 3. The Bertz CT molecular complexity index is 985. The van der Waals surface area contributed by atoms with Crippen LogP contribution in [-0.4, -0.2) is 49.3 Å². The Hall–Kier alpha value is -2.45. The highest BCUT2D eigenvalue weighted by Gasteiger charge is 2.29. The summed E-state index contributed by atoms with van der Waals surface area (Å²) in [6.07, 6.45) is 5.09. The van der Waals surface area contributed by atoms with Crippen LogP contribution in [0.1, 0.15) is 31.7 Å². The third kappa shape index (κ3) is 4.00. The van der Waals surface area contributed by atoms with E-state index in [-0.39, 0.29) is 10.8 Å². The van der Waals surface area contributed by atoms with Crippen molar-refractivity contribution >= 4 is 27.4 Å². The van der Waals surface area contributed by atoms with Gasteiger partial charge < -0.3 is 10.2 Å². The number of carbonyl (C=O) groups excluding carboxylic acids is 1. The molecule has 0 radical (unpaired) electrons. The summed E-state index contributed by atoms with van der Waals surface area (Å²) in [4.78, 5) is 19.1. The maximum Gasteiger partial charge on any atom is 0.249 e. The van der Waals surface area contributed by atoms with Gasteiger partial charge in [-0.2, -0.15) is 4.31 Å². The summed E-state index contributed by atoms with van der Waals surface area (Å²) in [7, 11) is -3.50. The molecule has 1 aromatic heterocycles. The number of anilines is 2. The molecule has 0 saturated carbocycles. The molecule has 154 valence electrons. The van der Waals surface area contributed by atoms with Crippen LogP contribution in [0, 0.1) is 0 Å². The first-order chi connectivity index (χ1) is 14.0. The lowest BCUT2D eigenvalue weighted by molar-refractivity contribution is -0.118. The van der Waals surface area contributed by atoms with E-state index < -0.39 is 16.1 Å². The van der Waals surface area contributed by atoms with Crippen molar-refractivity contribution in [1.29, 1.82) is 0 Å². The summed E-state index contributed by atoms with van der Waals surface area (Å²) >= 11 is 0. The molecule has 8 heteroatoms. The van der Waals surface area contributed by atoms with Crippen molar-refractivity contribution in [3.63, 3.8) is 0 Å². The molecule has 0 bridgehead atoms. The first-order valence-electron chi connectivity index (χ1n) is 10.1. The summed E-state index contributed by atoms with van der Waals surface area (Å²) < 4.78 is 27.0. The number of amides is 1. The molecule has 2 aliphatic rings. The van der Waals surface area contributed by atoms with E-state index >= 15 is 0 Å². The van der Waals surface area contributed by atoms with Crippen molar-refractivity contribution in [2.24, 2.45) is 0 Å². The van der Waals surface area contributed by atoms with Crippen LogP contribution in [-0.2, 0) is 21.2 Å². The maximum absolute atomic E-state index is 12.9. The molecule has 1 amide bonds. The van der Waals surface area contributed by atoms with Gasteiger partial charge in [-0.1, -0.05) is 24.6 Å². The highest BCUT2D eigenvalue weighted by Crippen LogP contribution is 2.28. The molecule has 1 unspecified atom stereocenters.